The maximum absolute atomic E-state index is 12.8. The molecular weight excluding hydrogens is 398 g/mol. The second kappa shape index (κ2) is 10.2. The van der Waals surface area contributed by atoms with Crippen molar-refractivity contribution in [1.82, 2.24) is 5.32 Å². The van der Waals surface area contributed by atoms with Gasteiger partial charge >= 0.3 is 0 Å². The molecule has 1 aromatic heterocycles. The fraction of sp³-hybridized carbons (Fsp3) is 0.478. The highest BCUT2D eigenvalue weighted by molar-refractivity contribution is 7.14. The van der Waals surface area contributed by atoms with Crippen molar-refractivity contribution in [1.29, 1.82) is 0 Å². The van der Waals surface area contributed by atoms with Gasteiger partial charge in [0.05, 0.1) is 35.9 Å². The number of nitrogens with one attached hydrogen (secondary N) is 3. The van der Waals surface area contributed by atoms with Crippen LogP contribution in [0.4, 0.5) is 5.69 Å². The lowest BCUT2D eigenvalue weighted by Crippen LogP contribution is -3.14. The van der Waals surface area contributed by atoms with Crippen molar-refractivity contribution in [2.24, 2.45) is 0 Å². The average molecular weight is 429 g/mol. The summed E-state index contributed by atoms with van der Waals surface area (Å²) in [5.74, 6) is -0.279. The Balaban J connectivity index is 1.33. The van der Waals surface area contributed by atoms with Gasteiger partial charge in [0.2, 0.25) is 0 Å². The normalized spacial score (nSPS) is 16.7. The van der Waals surface area contributed by atoms with Gasteiger partial charge in [0.25, 0.3) is 11.8 Å². The zero-order valence-corrected chi connectivity index (χ0v) is 18.1. The monoisotopic (exact) mass is 428 g/mol. The summed E-state index contributed by atoms with van der Waals surface area (Å²) in [6.45, 7) is 5.38. The molecule has 30 heavy (non-hydrogen) atoms. The number of thiophene rings is 1. The Bertz CT molecular complexity index is 866. The van der Waals surface area contributed by atoms with E-state index in [1.165, 1.54) is 28.2 Å². The molecule has 1 aliphatic heterocycles. The first kappa shape index (κ1) is 21.0. The molecule has 0 spiro atoms. The molecule has 2 heterocycles. The number of ether oxygens (including phenoxy) is 1. The fourth-order valence-corrected chi connectivity index (χ4v) is 5.27. The Labute approximate surface area is 181 Å². The van der Waals surface area contributed by atoms with Crippen LogP contribution in [-0.2, 0) is 17.6 Å². The number of aryl methyl sites for hydroxylation is 2. The predicted molar refractivity (Wildman–Crippen MR) is 119 cm³/mol. The summed E-state index contributed by atoms with van der Waals surface area (Å²) in [7, 11) is 0. The van der Waals surface area contributed by atoms with E-state index in [0.717, 1.165) is 57.0 Å². The summed E-state index contributed by atoms with van der Waals surface area (Å²) in [6, 6.07) is 9.24. The van der Waals surface area contributed by atoms with Gasteiger partial charge < -0.3 is 20.3 Å². The summed E-state index contributed by atoms with van der Waals surface area (Å²) in [4.78, 5) is 29.1. The Morgan fingerprint density at radius 2 is 1.87 bits per heavy atom. The Morgan fingerprint density at radius 1 is 1.07 bits per heavy atom. The summed E-state index contributed by atoms with van der Waals surface area (Å²) in [6.07, 6.45) is 5.45. The molecule has 1 aromatic carbocycles. The van der Waals surface area contributed by atoms with Crippen LogP contribution in [0, 0.1) is 0 Å². The maximum atomic E-state index is 12.8. The predicted octanol–water partition coefficient (Wildman–Crippen LogP) is 1.91. The third-order valence-corrected chi connectivity index (χ3v) is 7.07. The van der Waals surface area contributed by atoms with Crippen molar-refractivity contribution < 1.29 is 19.2 Å². The van der Waals surface area contributed by atoms with Gasteiger partial charge in [-0.05, 0) is 49.4 Å². The van der Waals surface area contributed by atoms with Crippen LogP contribution in [0.3, 0.4) is 0 Å². The Kier molecular flexibility index (Phi) is 7.15. The third-order valence-electron chi connectivity index (χ3n) is 5.83. The molecule has 3 N–H and O–H groups in total. The quantitative estimate of drug-likeness (QED) is 0.590. The van der Waals surface area contributed by atoms with Crippen LogP contribution < -0.4 is 15.5 Å². The Hall–Kier alpha value is -2.22. The van der Waals surface area contributed by atoms with Crippen LogP contribution in [0.2, 0.25) is 0 Å². The lowest BCUT2D eigenvalue weighted by Gasteiger charge is -2.23. The number of para-hydroxylation sites is 1. The second-order valence-electron chi connectivity index (χ2n) is 7.99. The minimum absolute atomic E-state index is 0.134. The highest BCUT2D eigenvalue weighted by Crippen LogP contribution is 2.30. The first-order valence-electron chi connectivity index (χ1n) is 10.9. The summed E-state index contributed by atoms with van der Waals surface area (Å²) < 4.78 is 5.38. The third kappa shape index (κ3) is 5.28. The molecule has 2 aromatic rings. The smallest absolute Gasteiger partial charge is 0.265 e. The van der Waals surface area contributed by atoms with Crippen molar-refractivity contribution >= 4 is 28.8 Å². The topological polar surface area (TPSA) is 71.9 Å². The molecule has 0 unspecified atom stereocenters. The zero-order valence-electron chi connectivity index (χ0n) is 17.3. The number of rotatable bonds is 7. The zero-order chi connectivity index (χ0) is 20.8. The standard InChI is InChI=1S/C23H29N3O3S/c27-22(24-10-5-11-26-12-14-29-15-13-26)18-7-2-3-8-19(18)25-23(28)21-16-17-6-1-4-9-20(17)30-21/h2-3,7-8,16H,1,4-6,9-15H2,(H,24,27)(H,25,28)/p+1. The molecule has 7 heteroatoms. The van der Waals surface area contributed by atoms with E-state index in [4.69, 9.17) is 4.74 Å². The number of morpholine rings is 1. The van der Waals surface area contributed by atoms with Crippen molar-refractivity contribution in [3.8, 4) is 0 Å². The molecule has 2 aliphatic rings. The largest absolute Gasteiger partial charge is 0.370 e. The molecule has 1 fully saturated rings. The van der Waals surface area contributed by atoms with E-state index >= 15 is 0 Å². The molecule has 0 bridgehead atoms. The van der Waals surface area contributed by atoms with Crippen LogP contribution in [-0.4, -0.2) is 51.2 Å². The van der Waals surface area contributed by atoms with Crippen molar-refractivity contribution in [2.75, 3.05) is 44.7 Å². The number of carbonyl (C=O) groups is 2. The second-order valence-corrected chi connectivity index (χ2v) is 9.12. The van der Waals surface area contributed by atoms with Gasteiger partial charge in [-0.25, -0.2) is 0 Å². The maximum Gasteiger partial charge on any atom is 0.265 e. The van der Waals surface area contributed by atoms with Gasteiger partial charge in [-0.15, -0.1) is 11.3 Å². The first-order valence-corrected chi connectivity index (χ1v) is 11.7. The van der Waals surface area contributed by atoms with Gasteiger partial charge in [0.1, 0.15) is 13.1 Å². The molecule has 0 atom stereocenters. The number of quaternary nitrogens is 1. The molecule has 160 valence electrons. The molecule has 4 rings (SSSR count). The van der Waals surface area contributed by atoms with Crippen molar-refractivity contribution in [3.05, 3.63) is 51.2 Å². The molecule has 6 nitrogen and oxygen atoms in total. The molecule has 1 aliphatic carbocycles. The van der Waals surface area contributed by atoms with E-state index in [9.17, 15) is 9.59 Å². The van der Waals surface area contributed by atoms with Crippen molar-refractivity contribution in [2.45, 2.75) is 32.1 Å². The summed E-state index contributed by atoms with van der Waals surface area (Å²) in [5, 5.41) is 5.95. The van der Waals surface area contributed by atoms with Gasteiger partial charge in [-0.2, -0.15) is 0 Å². The van der Waals surface area contributed by atoms with Crippen LogP contribution in [0.25, 0.3) is 0 Å². The number of anilines is 1. The number of amides is 2. The van der Waals surface area contributed by atoms with E-state index in [1.807, 2.05) is 18.2 Å². The van der Waals surface area contributed by atoms with E-state index in [1.54, 1.807) is 23.5 Å². The molecule has 0 saturated carbocycles. The van der Waals surface area contributed by atoms with Crippen molar-refractivity contribution in [3.63, 3.8) is 0 Å². The van der Waals surface area contributed by atoms with Gasteiger partial charge in [0, 0.05) is 17.8 Å². The van der Waals surface area contributed by atoms with Crippen LogP contribution in [0.5, 0.6) is 0 Å². The van der Waals surface area contributed by atoms with E-state index < -0.39 is 0 Å². The molecular formula is C23H30N3O3S+. The number of hydrogen-bond acceptors (Lipinski definition) is 4. The number of fused-ring (bicyclic) bond motifs is 1. The Morgan fingerprint density at radius 3 is 2.70 bits per heavy atom. The van der Waals surface area contributed by atoms with E-state index in [2.05, 4.69) is 10.6 Å². The van der Waals surface area contributed by atoms with Crippen LogP contribution in [0.15, 0.2) is 30.3 Å². The van der Waals surface area contributed by atoms with Gasteiger partial charge in [-0.1, -0.05) is 12.1 Å². The number of hydrogen-bond donors (Lipinski definition) is 3. The highest BCUT2D eigenvalue weighted by Gasteiger charge is 2.19. The average Bonchev–Trinajstić information content (AvgIpc) is 3.22. The van der Waals surface area contributed by atoms with Crippen LogP contribution in [0.1, 0.15) is 49.7 Å². The van der Waals surface area contributed by atoms with Gasteiger partial charge in [0.15, 0.2) is 0 Å². The first-order chi connectivity index (χ1) is 14.7. The lowest BCUT2D eigenvalue weighted by molar-refractivity contribution is -0.908. The number of carbonyl (C=O) groups excluding carboxylic acids is 2. The van der Waals surface area contributed by atoms with E-state index in [-0.39, 0.29) is 11.8 Å². The minimum Gasteiger partial charge on any atom is -0.370 e. The molecule has 0 radical (unpaired) electrons. The summed E-state index contributed by atoms with van der Waals surface area (Å²) >= 11 is 1.58. The number of benzene rings is 1. The molecule has 1 saturated heterocycles. The summed E-state index contributed by atoms with van der Waals surface area (Å²) in [5.41, 5.74) is 2.38. The highest BCUT2D eigenvalue weighted by atomic mass is 32.1. The fourth-order valence-electron chi connectivity index (χ4n) is 4.12. The minimum atomic E-state index is -0.145. The van der Waals surface area contributed by atoms with E-state index in [0.29, 0.717) is 17.8 Å². The van der Waals surface area contributed by atoms with Crippen LogP contribution >= 0.6 is 11.3 Å². The van der Waals surface area contributed by atoms with Gasteiger partial charge in [-0.3, -0.25) is 9.59 Å². The lowest BCUT2D eigenvalue weighted by atomic mass is 9.99. The SMILES string of the molecule is O=C(Nc1ccccc1C(=O)NCCC[NH+]1CCOCC1)c1cc2c(s1)CCCC2. The molecule has 2 amide bonds.